The van der Waals surface area contributed by atoms with Crippen LogP contribution in [0.2, 0.25) is 0 Å². The van der Waals surface area contributed by atoms with Crippen molar-refractivity contribution in [2.75, 3.05) is 0 Å². The van der Waals surface area contributed by atoms with E-state index in [1.807, 2.05) is 0 Å². The molecular weight excluding hydrogens is 324 g/mol. The summed E-state index contributed by atoms with van der Waals surface area (Å²) >= 11 is 0. The second-order valence-electron chi connectivity index (χ2n) is 9.59. The minimum absolute atomic E-state index is 0.0936. The first-order chi connectivity index (χ1) is 12.6. The molecule has 26 heavy (non-hydrogen) atoms. The minimum atomic E-state index is -0.544. The molecule has 2 N–H and O–H groups in total. The number of ether oxygens (including phenoxy) is 1. The number of aliphatic hydroxyl groups is 2. The Labute approximate surface area is 156 Å². The second-order valence-corrected chi connectivity index (χ2v) is 9.59. The summed E-state index contributed by atoms with van der Waals surface area (Å²) in [6.45, 7) is 2.21. The zero-order valence-electron chi connectivity index (χ0n) is 15.9. The van der Waals surface area contributed by atoms with Crippen molar-refractivity contribution < 1.29 is 14.9 Å². The van der Waals surface area contributed by atoms with E-state index in [2.05, 4.69) is 25.1 Å². The molecule has 0 aromatic heterocycles. The lowest BCUT2D eigenvalue weighted by atomic mass is 9.55. The van der Waals surface area contributed by atoms with Gasteiger partial charge in [0.2, 0.25) is 0 Å². The van der Waals surface area contributed by atoms with Crippen LogP contribution in [0.4, 0.5) is 0 Å². The van der Waals surface area contributed by atoms with Crippen LogP contribution < -0.4 is 4.74 Å². The molecule has 3 nitrogen and oxygen atoms in total. The second kappa shape index (κ2) is 6.24. The zero-order valence-corrected chi connectivity index (χ0v) is 15.9. The first-order valence-corrected chi connectivity index (χ1v) is 10.7. The summed E-state index contributed by atoms with van der Waals surface area (Å²) in [5, 5.41) is 20.8. The van der Waals surface area contributed by atoms with Crippen LogP contribution >= 0.6 is 0 Å². The molecule has 6 unspecified atom stereocenters. The van der Waals surface area contributed by atoms with Crippen molar-refractivity contribution in [1.82, 2.24) is 0 Å². The van der Waals surface area contributed by atoms with E-state index in [0.717, 1.165) is 31.4 Å². The highest BCUT2D eigenvalue weighted by Gasteiger charge is 2.57. The van der Waals surface area contributed by atoms with Crippen LogP contribution in [-0.4, -0.2) is 28.5 Å². The third-order valence-electron chi connectivity index (χ3n) is 8.28. The smallest absolute Gasteiger partial charge is 0.120 e. The lowest BCUT2D eigenvalue weighted by Crippen LogP contribution is -2.44. The van der Waals surface area contributed by atoms with Gasteiger partial charge in [-0.3, -0.25) is 0 Å². The van der Waals surface area contributed by atoms with E-state index in [1.54, 1.807) is 0 Å². The Hall–Kier alpha value is -1.06. The Bertz CT molecular complexity index is 680. The van der Waals surface area contributed by atoms with Gasteiger partial charge in [-0.15, -0.1) is 0 Å². The van der Waals surface area contributed by atoms with Crippen molar-refractivity contribution in [3.8, 4) is 5.75 Å². The predicted octanol–water partition coefficient (Wildman–Crippen LogP) is 4.20. The zero-order chi connectivity index (χ0) is 17.9. The van der Waals surface area contributed by atoms with E-state index >= 15 is 0 Å². The van der Waals surface area contributed by atoms with Gasteiger partial charge >= 0.3 is 0 Å². The largest absolute Gasteiger partial charge is 0.490 e. The molecule has 5 rings (SSSR count). The van der Waals surface area contributed by atoms with Gasteiger partial charge in [-0.2, -0.15) is 0 Å². The molecule has 0 saturated heterocycles. The van der Waals surface area contributed by atoms with Gasteiger partial charge in [0, 0.05) is 0 Å². The van der Waals surface area contributed by atoms with Crippen molar-refractivity contribution in [1.29, 1.82) is 0 Å². The Balaban J connectivity index is 1.39. The van der Waals surface area contributed by atoms with Gasteiger partial charge < -0.3 is 14.9 Å². The number of fused-ring (bicyclic) bond motifs is 5. The standard InChI is InChI=1S/C23H32O3/c1-23-11-10-18-17-9-7-16(26-15-4-2-3-5-15)12-14(17)6-8-19(18)20(23)13-21(24)22(23)25/h7,9,12,15,18-22,24-25H,2-6,8,10-11,13H2,1H3. The third kappa shape index (κ3) is 2.54. The van der Waals surface area contributed by atoms with Crippen LogP contribution in [0.25, 0.3) is 0 Å². The van der Waals surface area contributed by atoms with Crippen molar-refractivity contribution in [2.24, 2.45) is 17.3 Å². The summed E-state index contributed by atoms with van der Waals surface area (Å²) in [5.74, 6) is 2.71. The van der Waals surface area contributed by atoms with Gasteiger partial charge in [0.25, 0.3) is 0 Å². The molecule has 3 heteroatoms. The van der Waals surface area contributed by atoms with Gasteiger partial charge in [-0.25, -0.2) is 0 Å². The first-order valence-electron chi connectivity index (χ1n) is 10.7. The molecule has 0 amide bonds. The van der Waals surface area contributed by atoms with Gasteiger partial charge in [-0.05, 0) is 104 Å². The van der Waals surface area contributed by atoms with Gasteiger partial charge in [0.05, 0.1) is 18.3 Å². The highest BCUT2D eigenvalue weighted by molar-refractivity contribution is 5.41. The van der Waals surface area contributed by atoms with Gasteiger partial charge in [0.15, 0.2) is 0 Å². The average molecular weight is 357 g/mol. The topological polar surface area (TPSA) is 49.7 Å². The molecule has 1 aromatic rings. The molecule has 142 valence electrons. The Morgan fingerprint density at radius 2 is 1.88 bits per heavy atom. The van der Waals surface area contributed by atoms with Crippen LogP contribution in [0.3, 0.4) is 0 Å². The molecule has 0 spiro atoms. The van der Waals surface area contributed by atoms with E-state index in [-0.39, 0.29) is 5.41 Å². The third-order valence-corrected chi connectivity index (χ3v) is 8.28. The van der Waals surface area contributed by atoms with E-state index in [9.17, 15) is 10.2 Å². The van der Waals surface area contributed by atoms with E-state index < -0.39 is 12.2 Å². The fourth-order valence-electron chi connectivity index (χ4n) is 6.82. The summed E-state index contributed by atoms with van der Waals surface area (Å²) in [5.41, 5.74) is 2.89. The predicted molar refractivity (Wildman–Crippen MR) is 101 cm³/mol. The van der Waals surface area contributed by atoms with Crippen LogP contribution in [0, 0.1) is 17.3 Å². The molecular formula is C23H32O3. The van der Waals surface area contributed by atoms with Crippen LogP contribution in [-0.2, 0) is 6.42 Å². The van der Waals surface area contributed by atoms with E-state index in [1.165, 1.54) is 43.2 Å². The van der Waals surface area contributed by atoms with Crippen LogP contribution in [0.5, 0.6) is 5.75 Å². The number of benzene rings is 1. The highest BCUT2D eigenvalue weighted by atomic mass is 16.5. The molecule has 3 saturated carbocycles. The Morgan fingerprint density at radius 1 is 1.08 bits per heavy atom. The average Bonchev–Trinajstić information content (AvgIpc) is 3.23. The van der Waals surface area contributed by atoms with Gasteiger partial charge in [0.1, 0.15) is 5.75 Å². The highest BCUT2D eigenvalue weighted by Crippen LogP contribution is 2.60. The van der Waals surface area contributed by atoms with Crippen molar-refractivity contribution >= 4 is 0 Å². The van der Waals surface area contributed by atoms with Crippen molar-refractivity contribution in [3.05, 3.63) is 29.3 Å². The molecule has 4 aliphatic rings. The summed E-state index contributed by atoms with van der Waals surface area (Å²) in [6, 6.07) is 6.81. The van der Waals surface area contributed by atoms with Crippen LogP contribution in [0.15, 0.2) is 18.2 Å². The molecule has 0 radical (unpaired) electrons. The lowest BCUT2D eigenvalue weighted by molar-refractivity contribution is -0.0505. The van der Waals surface area contributed by atoms with E-state index in [4.69, 9.17) is 4.74 Å². The maximum Gasteiger partial charge on any atom is 0.120 e. The monoisotopic (exact) mass is 356 g/mol. The Kier molecular flexibility index (Phi) is 4.09. The maximum absolute atomic E-state index is 10.5. The summed E-state index contributed by atoms with van der Waals surface area (Å²) < 4.78 is 6.22. The molecule has 1 aromatic carbocycles. The van der Waals surface area contributed by atoms with Crippen molar-refractivity contribution in [3.63, 3.8) is 0 Å². The molecule has 0 bridgehead atoms. The summed E-state index contributed by atoms with van der Waals surface area (Å²) in [4.78, 5) is 0. The minimum Gasteiger partial charge on any atom is -0.490 e. The molecule has 4 aliphatic carbocycles. The summed E-state index contributed by atoms with van der Waals surface area (Å²) in [6.07, 6.45) is 9.58. The normalized spacial score (nSPS) is 42.2. The quantitative estimate of drug-likeness (QED) is 0.835. The SMILES string of the molecule is CC12CCC3c4ccc(OC5CCCC5)cc4CCC3C1CC(O)C2O. The van der Waals surface area contributed by atoms with Crippen molar-refractivity contribution in [2.45, 2.75) is 88.9 Å². The molecule has 0 aliphatic heterocycles. The fraction of sp³-hybridized carbons (Fsp3) is 0.739. The molecule has 3 fully saturated rings. The maximum atomic E-state index is 10.5. The summed E-state index contributed by atoms with van der Waals surface area (Å²) in [7, 11) is 0. The number of aliphatic hydroxyl groups excluding tert-OH is 2. The molecule has 6 atom stereocenters. The first kappa shape index (κ1) is 17.1. The molecule has 0 heterocycles. The number of aryl methyl sites for hydroxylation is 1. The number of rotatable bonds is 2. The van der Waals surface area contributed by atoms with Gasteiger partial charge in [-0.1, -0.05) is 13.0 Å². The number of hydrogen-bond donors (Lipinski definition) is 2. The Morgan fingerprint density at radius 3 is 2.69 bits per heavy atom. The van der Waals surface area contributed by atoms with E-state index in [0.29, 0.717) is 23.9 Å². The lowest BCUT2D eigenvalue weighted by Gasteiger charge is -2.49. The van der Waals surface area contributed by atoms with Crippen LogP contribution in [0.1, 0.15) is 75.3 Å². The number of hydrogen-bond acceptors (Lipinski definition) is 3. The fourth-order valence-corrected chi connectivity index (χ4v) is 6.82.